The zero-order valence-electron chi connectivity index (χ0n) is 17.3. The maximum Gasteiger partial charge on any atom is 0.240 e. The predicted molar refractivity (Wildman–Crippen MR) is 118 cm³/mol. The Morgan fingerprint density at radius 2 is 1.50 bits per heavy atom. The number of carbonyl (C=O) groups excluding carboxylic acids is 1. The lowest BCUT2D eigenvalue weighted by Crippen LogP contribution is -2.44. The smallest absolute Gasteiger partial charge is 0.240 e. The molecule has 160 valence electrons. The van der Waals surface area contributed by atoms with Crippen molar-refractivity contribution in [2.24, 2.45) is 0 Å². The van der Waals surface area contributed by atoms with Crippen LogP contribution in [0.1, 0.15) is 18.4 Å². The Morgan fingerprint density at radius 3 is 2.10 bits per heavy atom. The lowest BCUT2D eigenvalue weighted by Gasteiger charge is -2.34. The molecule has 0 radical (unpaired) electrons. The van der Waals surface area contributed by atoms with Gasteiger partial charge in [-0.05, 0) is 55.4 Å². The molecule has 2 aromatic rings. The quantitative estimate of drug-likeness (QED) is 0.762. The van der Waals surface area contributed by atoms with E-state index in [4.69, 9.17) is 0 Å². The first kappa shape index (κ1) is 20.8. The van der Waals surface area contributed by atoms with E-state index in [-0.39, 0.29) is 17.3 Å². The van der Waals surface area contributed by atoms with Gasteiger partial charge in [0, 0.05) is 57.1 Å². The van der Waals surface area contributed by atoms with Crippen LogP contribution in [0.5, 0.6) is 0 Å². The maximum atomic E-state index is 12.6. The van der Waals surface area contributed by atoms with Gasteiger partial charge in [-0.25, -0.2) is 13.1 Å². The average Bonchev–Trinajstić information content (AvgIpc) is 3.19. The summed E-state index contributed by atoms with van der Waals surface area (Å²) in [5.74, 6) is 0.0868. The van der Waals surface area contributed by atoms with Crippen molar-refractivity contribution in [1.29, 1.82) is 0 Å². The fourth-order valence-electron chi connectivity index (χ4n) is 3.88. The monoisotopic (exact) mass is 428 g/mol. The summed E-state index contributed by atoms with van der Waals surface area (Å²) in [6.07, 6.45) is 1.39. The molecule has 2 aliphatic rings. The highest BCUT2D eigenvalue weighted by molar-refractivity contribution is 7.89. The van der Waals surface area contributed by atoms with Crippen LogP contribution in [0.3, 0.4) is 0 Å². The van der Waals surface area contributed by atoms with Gasteiger partial charge >= 0.3 is 0 Å². The number of sulfonamides is 1. The molecule has 0 aliphatic carbocycles. The van der Waals surface area contributed by atoms with Gasteiger partial charge in [0.1, 0.15) is 0 Å². The Labute approximate surface area is 178 Å². The Balaban J connectivity index is 1.36. The number of anilines is 2. The minimum absolute atomic E-state index is 0.0868. The second-order valence-electron chi connectivity index (χ2n) is 7.92. The normalized spacial score (nSPS) is 18.2. The molecular formula is C22H28N4O3S. The van der Waals surface area contributed by atoms with Crippen LogP contribution in [0.25, 0.3) is 0 Å². The second-order valence-corrected chi connectivity index (χ2v) is 9.69. The SMILES string of the molecule is CN1CCN(c2ccc(CNS(=O)(=O)c3ccc(N4CCCC4=O)cc3)cc2)CC1. The molecule has 30 heavy (non-hydrogen) atoms. The summed E-state index contributed by atoms with van der Waals surface area (Å²) < 4.78 is 28.0. The molecular weight excluding hydrogens is 400 g/mol. The topological polar surface area (TPSA) is 73.0 Å². The molecule has 0 bridgehead atoms. The van der Waals surface area contributed by atoms with Crippen LogP contribution in [0, 0.1) is 0 Å². The molecule has 2 saturated heterocycles. The average molecular weight is 429 g/mol. The molecule has 7 nitrogen and oxygen atoms in total. The summed E-state index contributed by atoms with van der Waals surface area (Å²) in [6, 6.07) is 14.6. The minimum Gasteiger partial charge on any atom is -0.369 e. The van der Waals surface area contributed by atoms with Gasteiger partial charge in [0.05, 0.1) is 4.90 Å². The molecule has 8 heteroatoms. The maximum absolute atomic E-state index is 12.6. The first-order valence-corrected chi connectivity index (χ1v) is 11.8. The van der Waals surface area contributed by atoms with Crippen LogP contribution < -0.4 is 14.5 Å². The highest BCUT2D eigenvalue weighted by Crippen LogP contribution is 2.23. The summed E-state index contributed by atoms with van der Waals surface area (Å²) in [5, 5.41) is 0. The molecule has 0 aromatic heterocycles. The second kappa shape index (κ2) is 8.75. The fraction of sp³-hybridized carbons (Fsp3) is 0.409. The van der Waals surface area contributed by atoms with E-state index in [0.717, 1.165) is 43.9 Å². The van der Waals surface area contributed by atoms with Crippen LogP contribution in [0.15, 0.2) is 53.4 Å². The Hall–Kier alpha value is -2.42. The van der Waals surface area contributed by atoms with Gasteiger partial charge in [-0.15, -0.1) is 0 Å². The molecule has 1 amide bonds. The van der Waals surface area contributed by atoms with Crippen molar-refractivity contribution in [3.05, 3.63) is 54.1 Å². The van der Waals surface area contributed by atoms with Gasteiger partial charge in [0.2, 0.25) is 15.9 Å². The molecule has 4 rings (SSSR count). The number of hydrogen-bond acceptors (Lipinski definition) is 5. The Kier molecular flexibility index (Phi) is 6.08. The zero-order valence-corrected chi connectivity index (χ0v) is 18.1. The van der Waals surface area contributed by atoms with Crippen molar-refractivity contribution < 1.29 is 13.2 Å². The fourth-order valence-corrected chi connectivity index (χ4v) is 4.90. The number of piperazine rings is 1. The summed E-state index contributed by atoms with van der Waals surface area (Å²) in [7, 11) is -1.49. The largest absolute Gasteiger partial charge is 0.369 e. The van der Waals surface area contributed by atoms with Crippen LogP contribution in [-0.2, 0) is 21.4 Å². The standard InChI is InChI=1S/C22H28N4O3S/c1-24-13-15-25(16-14-24)19-6-4-18(5-7-19)17-23-30(28,29)21-10-8-20(9-11-21)26-12-2-3-22(26)27/h4-11,23H,2-3,12-17H2,1H3. The highest BCUT2D eigenvalue weighted by Gasteiger charge is 2.22. The first-order valence-electron chi connectivity index (χ1n) is 10.3. The van der Waals surface area contributed by atoms with Crippen molar-refractivity contribution in [1.82, 2.24) is 9.62 Å². The van der Waals surface area contributed by atoms with Gasteiger partial charge in [0.25, 0.3) is 0 Å². The summed E-state index contributed by atoms with van der Waals surface area (Å²) in [6.45, 7) is 5.02. The van der Waals surface area contributed by atoms with Gasteiger partial charge < -0.3 is 14.7 Å². The van der Waals surface area contributed by atoms with E-state index in [2.05, 4.69) is 33.7 Å². The van der Waals surface area contributed by atoms with Gasteiger partial charge in [-0.1, -0.05) is 12.1 Å². The van der Waals surface area contributed by atoms with Gasteiger partial charge in [-0.3, -0.25) is 4.79 Å². The zero-order chi connectivity index (χ0) is 21.1. The van der Waals surface area contributed by atoms with Crippen molar-refractivity contribution in [3.63, 3.8) is 0 Å². The van der Waals surface area contributed by atoms with Gasteiger partial charge in [-0.2, -0.15) is 0 Å². The lowest BCUT2D eigenvalue weighted by molar-refractivity contribution is -0.117. The van der Waals surface area contributed by atoms with Crippen molar-refractivity contribution in [3.8, 4) is 0 Å². The van der Waals surface area contributed by atoms with E-state index < -0.39 is 10.0 Å². The van der Waals surface area contributed by atoms with Crippen LogP contribution >= 0.6 is 0 Å². The third-order valence-corrected chi connectivity index (χ3v) is 7.22. The minimum atomic E-state index is -3.62. The number of nitrogens with one attached hydrogen (secondary N) is 1. The molecule has 1 N–H and O–H groups in total. The molecule has 2 fully saturated rings. The van der Waals surface area contributed by atoms with E-state index in [1.807, 2.05) is 12.1 Å². The molecule has 2 aliphatic heterocycles. The van der Waals surface area contributed by atoms with E-state index in [9.17, 15) is 13.2 Å². The Morgan fingerprint density at radius 1 is 0.867 bits per heavy atom. The lowest BCUT2D eigenvalue weighted by atomic mass is 10.2. The third-order valence-electron chi connectivity index (χ3n) is 5.80. The summed E-state index contributed by atoms with van der Waals surface area (Å²) in [4.78, 5) is 18.4. The van der Waals surface area contributed by atoms with E-state index in [1.165, 1.54) is 5.69 Å². The number of carbonyl (C=O) groups is 1. The molecule has 0 unspecified atom stereocenters. The molecule has 2 heterocycles. The van der Waals surface area contributed by atoms with Crippen molar-refractivity contribution in [2.45, 2.75) is 24.3 Å². The molecule has 2 aromatic carbocycles. The molecule has 0 saturated carbocycles. The number of hydrogen-bond donors (Lipinski definition) is 1. The van der Waals surface area contributed by atoms with E-state index in [1.54, 1.807) is 29.2 Å². The van der Waals surface area contributed by atoms with Crippen molar-refractivity contribution in [2.75, 3.05) is 49.6 Å². The van der Waals surface area contributed by atoms with Crippen LogP contribution in [0.4, 0.5) is 11.4 Å². The predicted octanol–water partition coefficient (Wildman–Crippen LogP) is 2.04. The van der Waals surface area contributed by atoms with Gasteiger partial charge in [0.15, 0.2) is 0 Å². The van der Waals surface area contributed by atoms with E-state index in [0.29, 0.717) is 13.0 Å². The number of likely N-dealkylation sites (N-methyl/N-ethyl adjacent to an activating group) is 1. The number of rotatable bonds is 6. The summed E-state index contributed by atoms with van der Waals surface area (Å²) in [5.41, 5.74) is 2.83. The number of amides is 1. The Bertz CT molecular complexity index is 982. The first-order chi connectivity index (χ1) is 14.4. The number of nitrogens with zero attached hydrogens (tertiary/aromatic N) is 3. The van der Waals surface area contributed by atoms with Crippen LogP contribution in [0.2, 0.25) is 0 Å². The molecule has 0 atom stereocenters. The third kappa shape index (κ3) is 4.66. The van der Waals surface area contributed by atoms with E-state index >= 15 is 0 Å². The van der Waals surface area contributed by atoms with Crippen LogP contribution in [-0.4, -0.2) is 59.0 Å². The highest BCUT2D eigenvalue weighted by atomic mass is 32.2. The van der Waals surface area contributed by atoms with Crippen molar-refractivity contribution >= 4 is 27.3 Å². The molecule has 0 spiro atoms. The number of benzene rings is 2. The summed E-state index contributed by atoms with van der Waals surface area (Å²) >= 11 is 0.